The Balaban J connectivity index is 0.00000560. The van der Waals surface area contributed by atoms with E-state index in [1.54, 1.807) is 42.9 Å². The number of carbonyl (C=O) groups is 1. The fourth-order valence-corrected chi connectivity index (χ4v) is 7.08. The SMILES string of the molecule is O=C(O)c1ccc(OCCCCCc2c3ccc([nH]3)c(C#Cc3ccccn3)c3nc(c(C#Cc4ccccn4)c4nc(c(C#Cc5ccccn5)c5ccc2[nH]5)C=C4)C=C3)cc1.[Zn+2]. The Labute approximate surface area is 382 Å². The predicted molar refractivity (Wildman–Crippen MR) is 246 cm³/mol. The van der Waals surface area contributed by atoms with Gasteiger partial charge >= 0.3 is 25.4 Å². The number of nitrogens with zero attached hydrogens (tertiary/aromatic N) is 5. The first-order valence-corrected chi connectivity index (χ1v) is 20.4. The fraction of sp³-hybridized carbons (Fsp3) is 0.0943. The molecule has 0 saturated heterocycles. The first-order chi connectivity index (χ1) is 31.0. The molecule has 2 aliphatic heterocycles. The minimum absolute atomic E-state index is 0. The molecule has 0 atom stereocenters. The number of pyridine rings is 3. The van der Waals surface area contributed by atoms with Crippen LogP contribution in [-0.2, 0) is 25.9 Å². The monoisotopic (exact) mass is 883 g/mol. The molecule has 6 aromatic heterocycles. The summed E-state index contributed by atoms with van der Waals surface area (Å²) in [6.45, 7) is 0.513. The van der Waals surface area contributed by atoms with E-state index in [0.717, 1.165) is 53.3 Å². The Morgan fingerprint density at radius 3 is 1.42 bits per heavy atom. The molecule has 7 aromatic rings. The van der Waals surface area contributed by atoms with Crippen LogP contribution in [0.25, 0.3) is 46.4 Å². The van der Waals surface area contributed by atoms with Crippen molar-refractivity contribution in [3.8, 4) is 41.3 Å². The third-order valence-electron chi connectivity index (χ3n) is 10.2. The summed E-state index contributed by atoms with van der Waals surface area (Å²) in [4.78, 5) is 42.3. The fourth-order valence-electron chi connectivity index (χ4n) is 7.08. The molecule has 3 N–H and O–H groups in total. The number of hydrogen-bond acceptors (Lipinski definition) is 7. The van der Waals surface area contributed by atoms with Crippen LogP contribution in [0.2, 0.25) is 0 Å². The second-order valence-corrected chi connectivity index (χ2v) is 14.5. The Morgan fingerprint density at radius 1 is 0.516 bits per heavy atom. The van der Waals surface area contributed by atoms with E-state index < -0.39 is 5.97 Å². The summed E-state index contributed by atoms with van der Waals surface area (Å²) in [5.74, 6) is 19.6. The summed E-state index contributed by atoms with van der Waals surface area (Å²) < 4.78 is 5.93. The molecule has 0 unspecified atom stereocenters. The number of ether oxygens (including phenoxy) is 1. The molecular formula is C53H37N7O3Zn+2. The van der Waals surface area contributed by atoms with Crippen LogP contribution in [0.15, 0.2) is 122 Å². The van der Waals surface area contributed by atoms with Gasteiger partial charge < -0.3 is 19.8 Å². The van der Waals surface area contributed by atoms with E-state index in [0.29, 0.717) is 68.9 Å². The Hall–Kier alpha value is -8.16. The third-order valence-corrected chi connectivity index (χ3v) is 10.2. The molecule has 302 valence electrons. The van der Waals surface area contributed by atoms with E-state index in [1.807, 2.05) is 91.0 Å². The largest absolute Gasteiger partial charge is 2.00 e. The van der Waals surface area contributed by atoms with Gasteiger partial charge in [-0.2, -0.15) is 0 Å². The van der Waals surface area contributed by atoms with Gasteiger partial charge in [0.1, 0.15) is 22.8 Å². The van der Waals surface area contributed by atoms with Gasteiger partial charge in [0.25, 0.3) is 0 Å². The molecule has 0 radical (unpaired) electrons. The van der Waals surface area contributed by atoms with Crippen molar-refractivity contribution < 1.29 is 34.1 Å². The zero-order valence-electron chi connectivity index (χ0n) is 34.6. The van der Waals surface area contributed by atoms with Crippen molar-refractivity contribution in [3.63, 3.8) is 0 Å². The maximum absolute atomic E-state index is 11.3. The summed E-state index contributed by atoms with van der Waals surface area (Å²) >= 11 is 0. The van der Waals surface area contributed by atoms with Crippen LogP contribution in [-0.4, -0.2) is 52.6 Å². The summed E-state index contributed by atoms with van der Waals surface area (Å²) in [5.41, 5.74) is 11.4. The molecule has 0 saturated carbocycles. The topological polar surface area (TPSA) is 143 Å². The summed E-state index contributed by atoms with van der Waals surface area (Å²) in [5, 5.41) is 9.23. The van der Waals surface area contributed by atoms with Gasteiger partial charge in [0.05, 0.1) is 62.7 Å². The van der Waals surface area contributed by atoms with E-state index in [2.05, 4.69) is 72.6 Å². The maximum atomic E-state index is 11.3. The number of unbranched alkanes of at least 4 members (excludes halogenated alkanes) is 2. The number of aromatic amines is 2. The molecule has 10 nitrogen and oxygen atoms in total. The minimum atomic E-state index is -0.964. The smallest absolute Gasteiger partial charge is 0.494 e. The van der Waals surface area contributed by atoms with E-state index in [-0.39, 0.29) is 25.0 Å². The zero-order valence-corrected chi connectivity index (χ0v) is 37.6. The van der Waals surface area contributed by atoms with Crippen molar-refractivity contribution >= 4 is 52.3 Å². The van der Waals surface area contributed by atoms with E-state index >= 15 is 0 Å². The van der Waals surface area contributed by atoms with E-state index in [9.17, 15) is 9.90 Å². The number of fused-ring (bicyclic) bond motifs is 8. The van der Waals surface area contributed by atoms with E-state index in [4.69, 9.17) is 14.7 Å². The van der Waals surface area contributed by atoms with Crippen molar-refractivity contribution in [2.75, 3.05) is 6.61 Å². The number of nitrogens with one attached hydrogen (secondary N) is 2. The van der Waals surface area contributed by atoms with Crippen LogP contribution in [0.3, 0.4) is 0 Å². The quantitative estimate of drug-likeness (QED) is 0.0779. The van der Waals surface area contributed by atoms with Gasteiger partial charge in [-0.05, 0) is 158 Å². The normalized spacial score (nSPS) is 10.9. The molecule has 11 heteroatoms. The number of aryl methyl sites for hydroxylation is 1. The number of H-pyrrole nitrogens is 2. The average Bonchev–Trinajstić information content (AvgIpc) is 4.18. The summed E-state index contributed by atoms with van der Waals surface area (Å²) in [6.07, 6.45) is 16.4. The molecule has 0 fully saturated rings. The number of aromatic carboxylic acids is 1. The number of aromatic nitrogens is 7. The minimum Gasteiger partial charge on any atom is -0.494 e. The second-order valence-electron chi connectivity index (χ2n) is 14.5. The van der Waals surface area contributed by atoms with Gasteiger partial charge in [-0.25, -0.2) is 29.7 Å². The Morgan fingerprint density at radius 2 is 0.969 bits per heavy atom. The number of benzene rings is 1. The second kappa shape index (κ2) is 20.1. The molecule has 0 amide bonds. The van der Waals surface area contributed by atoms with Gasteiger partial charge in [-0.15, -0.1) is 0 Å². The summed E-state index contributed by atoms with van der Waals surface area (Å²) in [6, 6.07) is 31.7. The van der Waals surface area contributed by atoms with Crippen molar-refractivity contribution in [3.05, 3.63) is 189 Å². The van der Waals surface area contributed by atoms with Gasteiger partial charge in [-0.1, -0.05) is 36.0 Å². The number of carboxylic acids is 1. The van der Waals surface area contributed by atoms with Gasteiger partial charge in [0, 0.05) is 29.6 Å². The molecule has 9 rings (SSSR count). The number of rotatable bonds is 8. The van der Waals surface area contributed by atoms with Gasteiger partial charge in [-0.3, -0.25) is 0 Å². The molecule has 8 heterocycles. The Kier molecular flexibility index (Phi) is 13.4. The van der Waals surface area contributed by atoms with Crippen LogP contribution < -0.4 is 4.74 Å². The average molecular weight is 885 g/mol. The first kappa shape index (κ1) is 42.5. The van der Waals surface area contributed by atoms with Crippen molar-refractivity contribution in [1.29, 1.82) is 0 Å². The zero-order chi connectivity index (χ0) is 42.8. The van der Waals surface area contributed by atoms with Crippen LogP contribution >= 0.6 is 0 Å². The molecule has 8 bridgehead atoms. The van der Waals surface area contributed by atoms with Crippen LogP contribution in [0, 0.1) is 35.5 Å². The van der Waals surface area contributed by atoms with Gasteiger partial charge in [0.15, 0.2) is 0 Å². The predicted octanol–water partition coefficient (Wildman–Crippen LogP) is 9.53. The van der Waals surface area contributed by atoms with Crippen LogP contribution in [0.4, 0.5) is 0 Å². The van der Waals surface area contributed by atoms with Crippen LogP contribution in [0.5, 0.6) is 5.75 Å². The molecule has 2 aliphatic rings. The van der Waals surface area contributed by atoms with Gasteiger partial charge in [0.2, 0.25) is 0 Å². The maximum Gasteiger partial charge on any atom is 2.00 e. The van der Waals surface area contributed by atoms with Crippen molar-refractivity contribution in [2.45, 2.75) is 25.7 Å². The van der Waals surface area contributed by atoms with Crippen molar-refractivity contribution in [1.82, 2.24) is 34.9 Å². The van der Waals surface area contributed by atoms with Crippen LogP contribution in [0.1, 0.15) is 91.7 Å². The third kappa shape index (κ3) is 10.1. The Bertz CT molecular complexity index is 3120. The molecule has 64 heavy (non-hydrogen) atoms. The number of carboxylic acid groups (broad SMARTS) is 1. The molecule has 0 spiro atoms. The van der Waals surface area contributed by atoms with Crippen molar-refractivity contribution in [2.24, 2.45) is 0 Å². The molecular weight excluding hydrogens is 848 g/mol. The molecule has 1 aromatic carbocycles. The van der Waals surface area contributed by atoms with E-state index in [1.165, 1.54) is 0 Å². The molecule has 0 aliphatic carbocycles. The standard InChI is InChI=1S/C53H37N7O3.Zn/c61-53(62)36-14-19-40(20-15-36)63-35-9-1-2-13-41-45-24-26-47(57-45)42(21-16-37-10-3-6-32-54-37)49-28-30-51(59-49)44(23-18-39-12-5-8-34-56-39)52-31-29-50(60-52)43(48-27-25-46(41)58-48)22-17-38-11-4-7-33-55-38;/h3-8,10-12,14-15,19-20,24-34,57-58H,1-2,9,13,35H2,(H,61,62);/q;+2. The first-order valence-electron chi connectivity index (χ1n) is 20.4. The summed E-state index contributed by atoms with van der Waals surface area (Å²) in [7, 11) is 0. The number of hydrogen-bond donors (Lipinski definition) is 3.